The second-order valence-electron chi connectivity index (χ2n) is 3.10. The van der Waals surface area contributed by atoms with E-state index in [4.69, 9.17) is 4.52 Å². The summed E-state index contributed by atoms with van der Waals surface area (Å²) in [6.07, 6.45) is -0.542. The van der Waals surface area contributed by atoms with Crippen molar-refractivity contribution in [1.29, 1.82) is 0 Å². The molecular weight excluding hydrogens is 235 g/mol. The number of carbonyl (C=O) groups is 2. The summed E-state index contributed by atoms with van der Waals surface area (Å²) in [6.45, 7) is 6.25. The van der Waals surface area contributed by atoms with E-state index < -0.39 is 24.9 Å². The Morgan fingerprint density at radius 1 is 1.06 bits per heavy atom. The van der Waals surface area contributed by atoms with Crippen molar-refractivity contribution >= 4 is 18.8 Å². The van der Waals surface area contributed by atoms with E-state index >= 15 is 0 Å². The van der Waals surface area contributed by atoms with E-state index in [1.807, 2.05) is 0 Å². The van der Waals surface area contributed by atoms with Crippen LogP contribution < -0.4 is 0 Å². The van der Waals surface area contributed by atoms with Crippen LogP contribution >= 0.6 is 7.37 Å². The number of ether oxygens (including phenoxy) is 2. The quantitative estimate of drug-likeness (QED) is 0.676. The van der Waals surface area contributed by atoms with Gasteiger partial charge in [0.1, 0.15) is 0 Å². The van der Waals surface area contributed by atoms with Crippen molar-refractivity contribution in [3.8, 4) is 0 Å². The molecule has 0 aliphatic carbocycles. The number of rotatable bonds is 6. The summed E-state index contributed by atoms with van der Waals surface area (Å²) in [5.74, 6) is 0. The Bertz CT molecular complexity index is 276. The highest BCUT2D eigenvalue weighted by atomic mass is 31.2. The van der Waals surface area contributed by atoms with E-state index in [9.17, 15) is 14.2 Å². The van der Waals surface area contributed by atoms with Gasteiger partial charge < -0.3 is 14.0 Å². The molecular formula is C9H17O6P. The average molecular weight is 252 g/mol. The van der Waals surface area contributed by atoms with Gasteiger partial charge >= 0.3 is 18.8 Å². The maximum Gasteiger partial charge on any atom is 0.413 e. The first-order chi connectivity index (χ1) is 7.38. The molecule has 0 aliphatic rings. The first-order valence-corrected chi connectivity index (χ1v) is 6.64. The Morgan fingerprint density at radius 2 is 1.44 bits per heavy atom. The molecule has 6 nitrogen and oxygen atoms in total. The standard InChI is InChI=1S/C9H17O6P/c1-5-13-8(10)16(12,15-7(3)4)9(11)14-6-2/h7H,5-6H2,1-4H3. The van der Waals surface area contributed by atoms with Gasteiger partial charge in [-0.3, -0.25) is 4.57 Å². The highest BCUT2D eigenvalue weighted by Crippen LogP contribution is 2.51. The SMILES string of the molecule is CCOC(=O)P(=O)(OC(C)C)C(=O)OCC. The molecule has 0 aliphatic heterocycles. The Balaban J connectivity index is 4.95. The molecule has 0 aromatic carbocycles. The lowest BCUT2D eigenvalue weighted by atomic mass is 10.5. The van der Waals surface area contributed by atoms with Gasteiger partial charge in [0.25, 0.3) is 0 Å². The predicted molar refractivity (Wildman–Crippen MR) is 57.9 cm³/mol. The summed E-state index contributed by atoms with van der Waals surface area (Å²) < 4.78 is 26.0. The summed E-state index contributed by atoms with van der Waals surface area (Å²) in [4.78, 5) is 22.8. The first kappa shape index (κ1) is 15.1. The third-order valence-corrected chi connectivity index (χ3v) is 3.31. The van der Waals surface area contributed by atoms with E-state index in [1.165, 1.54) is 0 Å². The molecule has 0 spiro atoms. The summed E-state index contributed by atoms with van der Waals surface area (Å²) >= 11 is 0. The largest absolute Gasteiger partial charge is 0.458 e. The van der Waals surface area contributed by atoms with Crippen LogP contribution in [0.15, 0.2) is 0 Å². The van der Waals surface area contributed by atoms with Gasteiger partial charge in [-0.25, -0.2) is 9.59 Å². The van der Waals surface area contributed by atoms with Gasteiger partial charge in [0, 0.05) is 0 Å². The van der Waals surface area contributed by atoms with Crippen LogP contribution in [0.3, 0.4) is 0 Å². The smallest absolute Gasteiger partial charge is 0.413 e. The molecule has 94 valence electrons. The van der Waals surface area contributed by atoms with Crippen molar-refractivity contribution in [1.82, 2.24) is 0 Å². The fourth-order valence-corrected chi connectivity index (χ4v) is 2.39. The Kier molecular flexibility index (Phi) is 6.29. The zero-order valence-corrected chi connectivity index (χ0v) is 10.8. The zero-order valence-electron chi connectivity index (χ0n) is 9.89. The summed E-state index contributed by atoms with van der Waals surface area (Å²) in [6, 6.07) is 0. The highest BCUT2D eigenvalue weighted by molar-refractivity contribution is 7.89. The van der Waals surface area contributed by atoms with Crippen LogP contribution in [-0.2, 0) is 18.6 Å². The van der Waals surface area contributed by atoms with Crippen LogP contribution in [0.5, 0.6) is 0 Å². The minimum atomic E-state index is -4.21. The van der Waals surface area contributed by atoms with E-state index in [2.05, 4.69) is 9.47 Å². The Morgan fingerprint density at radius 3 is 1.69 bits per heavy atom. The summed E-state index contributed by atoms with van der Waals surface area (Å²) in [5.41, 5.74) is -2.33. The lowest BCUT2D eigenvalue weighted by Gasteiger charge is -2.17. The molecule has 0 amide bonds. The maximum absolute atomic E-state index is 12.0. The number of hydrogen-bond acceptors (Lipinski definition) is 6. The zero-order chi connectivity index (χ0) is 12.8. The highest BCUT2D eigenvalue weighted by Gasteiger charge is 2.46. The molecule has 0 saturated heterocycles. The lowest BCUT2D eigenvalue weighted by molar-refractivity contribution is 0.151. The third kappa shape index (κ3) is 3.94. The second-order valence-corrected chi connectivity index (χ2v) is 5.15. The van der Waals surface area contributed by atoms with Crippen LogP contribution in [0.2, 0.25) is 0 Å². The molecule has 0 aromatic heterocycles. The predicted octanol–water partition coefficient (Wildman–Crippen LogP) is 3.00. The van der Waals surface area contributed by atoms with Crippen molar-refractivity contribution in [2.45, 2.75) is 33.8 Å². The molecule has 0 saturated carbocycles. The van der Waals surface area contributed by atoms with E-state index in [0.717, 1.165) is 0 Å². The molecule has 0 radical (unpaired) electrons. The minimum absolute atomic E-state index is 0.0175. The van der Waals surface area contributed by atoms with Crippen LogP contribution in [0.1, 0.15) is 27.7 Å². The molecule has 16 heavy (non-hydrogen) atoms. The van der Waals surface area contributed by atoms with Gasteiger partial charge in [-0.2, -0.15) is 0 Å². The normalized spacial score (nSPS) is 11.3. The maximum atomic E-state index is 12.0. The van der Waals surface area contributed by atoms with Gasteiger partial charge in [-0.1, -0.05) is 0 Å². The Labute approximate surface area is 94.7 Å². The molecule has 0 atom stereocenters. The van der Waals surface area contributed by atoms with Crippen LogP contribution in [-0.4, -0.2) is 30.7 Å². The molecule has 0 N–H and O–H groups in total. The van der Waals surface area contributed by atoms with Crippen molar-refractivity contribution in [3.05, 3.63) is 0 Å². The fraction of sp³-hybridized carbons (Fsp3) is 0.778. The topological polar surface area (TPSA) is 78.9 Å². The monoisotopic (exact) mass is 252 g/mol. The van der Waals surface area contributed by atoms with E-state index in [-0.39, 0.29) is 13.2 Å². The average Bonchev–Trinajstić information content (AvgIpc) is 2.17. The second kappa shape index (κ2) is 6.66. The molecule has 0 unspecified atom stereocenters. The van der Waals surface area contributed by atoms with Crippen molar-refractivity contribution < 1.29 is 28.2 Å². The van der Waals surface area contributed by atoms with Crippen molar-refractivity contribution in [2.24, 2.45) is 0 Å². The molecule has 0 bridgehead atoms. The van der Waals surface area contributed by atoms with Gasteiger partial charge in [0.15, 0.2) is 0 Å². The van der Waals surface area contributed by atoms with Gasteiger partial charge in [-0.15, -0.1) is 0 Å². The summed E-state index contributed by atoms with van der Waals surface area (Å²) in [7, 11) is -4.21. The van der Waals surface area contributed by atoms with Crippen molar-refractivity contribution in [2.75, 3.05) is 13.2 Å². The van der Waals surface area contributed by atoms with Crippen LogP contribution in [0.4, 0.5) is 9.59 Å². The molecule has 0 aromatic rings. The van der Waals surface area contributed by atoms with Gasteiger partial charge in [0.05, 0.1) is 19.3 Å². The van der Waals surface area contributed by atoms with E-state index in [1.54, 1.807) is 27.7 Å². The van der Waals surface area contributed by atoms with Crippen LogP contribution in [0.25, 0.3) is 0 Å². The van der Waals surface area contributed by atoms with E-state index in [0.29, 0.717) is 0 Å². The molecule has 7 heteroatoms. The fourth-order valence-electron chi connectivity index (χ4n) is 0.874. The third-order valence-electron chi connectivity index (χ3n) is 1.38. The number of carbonyl (C=O) groups excluding carboxylic acids is 2. The van der Waals surface area contributed by atoms with Gasteiger partial charge in [-0.05, 0) is 27.7 Å². The molecule has 0 heterocycles. The van der Waals surface area contributed by atoms with Crippen LogP contribution in [0, 0.1) is 0 Å². The Hall–Kier alpha value is -0.870. The molecule has 0 fully saturated rings. The lowest BCUT2D eigenvalue weighted by Crippen LogP contribution is -2.17. The summed E-state index contributed by atoms with van der Waals surface area (Å²) in [5, 5.41) is 0. The first-order valence-electron chi connectivity index (χ1n) is 5.01. The number of hydrogen-bond donors (Lipinski definition) is 0. The van der Waals surface area contributed by atoms with Gasteiger partial charge in [0.2, 0.25) is 0 Å². The minimum Gasteiger partial charge on any atom is -0.458 e. The molecule has 0 rings (SSSR count). The van der Waals surface area contributed by atoms with Crippen molar-refractivity contribution in [3.63, 3.8) is 0 Å².